The lowest BCUT2D eigenvalue weighted by atomic mass is 10.2. The summed E-state index contributed by atoms with van der Waals surface area (Å²) in [5.41, 5.74) is 5.73. The van der Waals surface area contributed by atoms with Gasteiger partial charge in [0.25, 0.3) is 5.91 Å². The van der Waals surface area contributed by atoms with Gasteiger partial charge in [0.05, 0.1) is 18.3 Å². The molecule has 1 heterocycles. The normalized spacial score (nSPS) is 10.3. The van der Waals surface area contributed by atoms with Crippen LogP contribution in [0.4, 0.5) is 10.1 Å². The van der Waals surface area contributed by atoms with Crippen LogP contribution in [0.2, 0.25) is 0 Å². The van der Waals surface area contributed by atoms with Crippen LogP contribution < -0.4 is 11.1 Å². The summed E-state index contributed by atoms with van der Waals surface area (Å²) in [6, 6.07) is 3.83. The van der Waals surface area contributed by atoms with Gasteiger partial charge < -0.3 is 15.5 Å². The largest absolute Gasteiger partial charge is 0.444 e. The number of hydrogen-bond acceptors (Lipinski definition) is 4. The highest BCUT2D eigenvalue weighted by molar-refractivity contribution is 5.95. The van der Waals surface area contributed by atoms with Crippen molar-refractivity contribution >= 4 is 11.6 Å². The lowest BCUT2D eigenvalue weighted by molar-refractivity contribution is 0.0943. The van der Waals surface area contributed by atoms with E-state index >= 15 is 0 Å². The fourth-order valence-corrected chi connectivity index (χ4v) is 1.45. The number of nitrogens with one attached hydrogen (secondary N) is 1. The molecule has 2 rings (SSSR count). The Morgan fingerprint density at radius 3 is 3.00 bits per heavy atom. The molecule has 0 aliphatic heterocycles. The van der Waals surface area contributed by atoms with Crippen LogP contribution in [-0.4, -0.2) is 10.9 Å². The number of anilines is 1. The molecule has 3 N–H and O–H groups in total. The van der Waals surface area contributed by atoms with Crippen molar-refractivity contribution in [3.8, 4) is 0 Å². The second-order valence-electron chi connectivity index (χ2n) is 3.79. The Morgan fingerprint density at radius 1 is 1.56 bits per heavy atom. The molecular formula is C12H12FN3O2. The third-order valence-electron chi connectivity index (χ3n) is 2.30. The zero-order valence-corrected chi connectivity index (χ0v) is 9.74. The van der Waals surface area contributed by atoms with Crippen molar-refractivity contribution in [1.29, 1.82) is 0 Å². The second-order valence-corrected chi connectivity index (χ2v) is 3.79. The summed E-state index contributed by atoms with van der Waals surface area (Å²) in [4.78, 5) is 15.6. The lowest BCUT2D eigenvalue weighted by Crippen LogP contribution is -2.24. The summed E-state index contributed by atoms with van der Waals surface area (Å²) in [6.07, 6.45) is 1.54. The van der Waals surface area contributed by atoms with Gasteiger partial charge >= 0.3 is 0 Å². The molecule has 0 unspecified atom stereocenters. The molecule has 18 heavy (non-hydrogen) atoms. The van der Waals surface area contributed by atoms with E-state index in [9.17, 15) is 9.18 Å². The van der Waals surface area contributed by atoms with Gasteiger partial charge in [0, 0.05) is 5.69 Å². The van der Waals surface area contributed by atoms with Crippen molar-refractivity contribution in [3.05, 3.63) is 47.4 Å². The van der Waals surface area contributed by atoms with E-state index in [1.54, 1.807) is 13.1 Å². The Morgan fingerprint density at radius 2 is 2.33 bits per heavy atom. The van der Waals surface area contributed by atoms with Crippen molar-refractivity contribution in [2.75, 3.05) is 5.73 Å². The molecule has 0 fully saturated rings. The number of aryl methyl sites for hydroxylation is 1. The Balaban J connectivity index is 2.05. The summed E-state index contributed by atoms with van der Waals surface area (Å²) in [6.45, 7) is 1.84. The highest BCUT2D eigenvalue weighted by atomic mass is 19.1. The Labute approximate surface area is 103 Å². The van der Waals surface area contributed by atoms with E-state index in [0.717, 1.165) is 6.07 Å². The standard InChI is InChI=1S/C12H12FN3O2/c1-7-5-15-11(18-7)6-16-12(17)9-4-8(14)2-3-10(9)13/h2-5H,6,14H2,1H3,(H,16,17). The smallest absolute Gasteiger partial charge is 0.254 e. The maximum Gasteiger partial charge on any atom is 0.254 e. The first kappa shape index (κ1) is 12.1. The minimum Gasteiger partial charge on any atom is -0.444 e. The number of nitrogen functional groups attached to an aromatic ring is 1. The summed E-state index contributed by atoms with van der Waals surface area (Å²) >= 11 is 0. The van der Waals surface area contributed by atoms with Gasteiger partial charge in [-0.1, -0.05) is 0 Å². The molecule has 0 spiro atoms. The van der Waals surface area contributed by atoms with Crippen molar-refractivity contribution < 1.29 is 13.6 Å². The Kier molecular flexibility index (Phi) is 3.27. The fourth-order valence-electron chi connectivity index (χ4n) is 1.45. The SMILES string of the molecule is Cc1cnc(CNC(=O)c2cc(N)ccc2F)o1. The van der Waals surface area contributed by atoms with Crippen molar-refractivity contribution in [1.82, 2.24) is 10.3 Å². The predicted molar refractivity (Wildman–Crippen MR) is 63.2 cm³/mol. The molecule has 0 aliphatic rings. The number of carbonyl (C=O) groups excluding carboxylic acids is 1. The number of nitrogens with two attached hydrogens (primary N) is 1. The van der Waals surface area contributed by atoms with Gasteiger partial charge in [-0.25, -0.2) is 9.37 Å². The number of halogens is 1. The molecule has 2 aromatic rings. The van der Waals surface area contributed by atoms with Crippen LogP contribution in [0, 0.1) is 12.7 Å². The zero-order valence-electron chi connectivity index (χ0n) is 9.74. The first-order chi connectivity index (χ1) is 8.56. The molecule has 5 nitrogen and oxygen atoms in total. The van der Waals surface area contributed by atoms with Crippen LogP contribution >= 0.6 is 0 Å². The Hall–Kier alpha value is -2.37. The quantitative estimate of drug-likeness (QED) is 0.810. The van der Waals surface area contributed by atoms with Gasteiger partial charge in [0.1, 0.15) is 11.6 Å². The molecule has 0 aliphatic carbocycles. The molecule has 0 saturated heterocycles. The minimum absolute atomic E-state index is 0.0981. The monoisotopic (exact) mass is 249 g/mol. The Bertz CT molecular complexity index is 580. The lowest BCUT2D eigenvalue weighted by Gasteiger charge is -2.04. The fraction of sp³-hybridized carbons (Fsp3) is 0.167. The summed E-state index contributed by atoms with van der Waals surface area (Å²) in [5, 5.41) is 2.51. The van der Waals surface area contributed by atoms with E-state index in [2.05, 4.69) is 10.3 Å². The van der Waals surface area contributed by atoms with Crippen LogP contribution in [0.1, 0.15) is 22.0 Å². The number of nitrogens with zero attached hydrogens (tertiary/aromatic N) is 1. The molecular weight excluding hydrogens is 237 g/mol. The maximum atomic E-state index is 13.4. The number of carbonyl (C=O) groups is 1. The summed E-state index contributed by atoms with van der Waals surface area (Å²) in [7, 11) is 0. The van der Waals surface area contributed by atoms with E-state index in [1.165, 1.54) is 12.1 Å². The van der Waals surface area contributed by atoms with E-state index in [-0.39, 0.29) is 12.1 Å². The third kappa shape index (κ3) is 2.65. The van der Waals surface area contributed by atoms with Crippen LogP contribution in [-0.2, 0) is 6.54 Å². The predicted octanol–water partition coefficient (Wildman–Crippen LogP) is 1.63. The van der Waals surface area contributed by atoms with E-state index < -0.39 is 11.7 Å². The number of amides is 1. The number of aromatic nitrogens is 1. The van der Waals surface area contributed by atoms with E-state index in [1.807, 2.05) is 0 Å². The van der Waals surface area contributed by atoms with Gasteiger partial charge in [-0.05, 0) is 25.1 Å². The van der Waals surface area contributed by atoms with Crippen LogP contribution in [0.3, 0.4) is 0 Å². The first-order valence-corrected chi connectivity index (χ1v) is 5.31. The highest BCUT2D eigenvalue weighted by Gasteiger charge is 2.12. The maximum absolute atomic E-state index is 13.4. The zero-order chi connectivity index (χ0) is 13.1. The van der Waals surface area contributed by atoms with Crippen LogP contribution in [0.25, 0.3) is 0 Å². The molecule has 1 amide bonds. The van der Waals surface area contributed by atoms with Crippen molar-refractivity contribution in [2.24, 2.45) is 0 Å². The molecule has 1 aromatic heterocycles. The molecule has 0 radical (unpaired) electrons. The van der Waals surface area contributed by atoms with Gasteiger partial charge in [-0.2, -0.15) is 0 Å². The number of oxazole rings is 1. The topological polar surface area (TPSA) is 81.2 Å². The van der Waals surface area contributed by atoms with Crippen LogP contribution in [0.15, 0.2) is 28.8 Å². The third-order valence-corrected chi connectivity index (χ3v) is 2.30. The molecule has 94 valence electrons. The highest BCUT2D eigenvalue weighted by Crippen LogP contribution is 2.12. The van der Waals surface area contributed by atoms with Gasteiger partial charge in [0.15, 0.2) is 0 Å². The van der Waals surface area contributed by atoms with Gasteiger partial charge in [0.2, 0.25) is 5.89 Å². The van der Waals surface area contributed by atoms with Crippen molar-refractivity contribution in [2.45, 2.75) is 13.5 Å². The van der Waals surface area contributed by atoms with Gasteiger partial charge in [-0.15, -0.1) is 0 Å². The van der Waals surface area contributed by atoms with Crippen molar-refractivity contribution in [3.63, 3.8) is 0 Å². The van der Waals surface area contributed by atoms with Crippen LogP contribution in [0.5, 0.6) is 0 Å². The average molecular weight is 249 g/mol. The number of hydrogen-bond donors (Lipinski definition) is 2. The van der Waals surface area contributed by atoms with Gasteiger partial charge in [-0.3, -0.25) is 4.79 Å². The number of rotatable bonds is 3. The minimum atomic E-state index is -0.620. The molecule has 0 bridgehead atoms. The summed E-state index contributed by atoms with van der Waals surface area (Å²) in [5.74, 6) is -0.166. The summed E-state index contributed by atoms with van der Waals surface area (Å²) < 4.78 is 18.6. The molecule has 6 heteroatoms. The number of benzene rings is 1. The van der Waals surface area contributed by atoms with E-state index in [4.69, 9.17) is 10.2 Å². The van der Waals surface area contributed by atoms with E-state index in [0.29, 0.717) is 17.3 Å². The second kappa shape index (κ2) is 4.87. The average Bonchev–Trinajstić information content (AvgIpc) is 2.75. The molecule has 0 atom stereocenters. The molecule has 0 saturated carbocycles. The first-order valence-electron chi connectivity index (χ1n) is 5.31. The molecule has 1 aromatic carbocycles.